The Labute approximate surface area is 147 Å². The monoisotopic (exact) mass is 345 g/mol. The molecule has 1 fully saturated rings. The van der Waals surface area contributed by atoms with Crippen LogP contribution in [0.25, 0.3) is 11.3 Å². The van der Waals surface area contributed by atoms with Crippen LogP contribution in [0, 0.1) is 11.7 Å². The van der Waals surface area contributed by atoms with Crippen LogP contribution in [0.15, 0.2) is 30.3 Å². The molecule has 0 spiro atoms. The number of aromatic nitrogens is 2. The lowest BCUT2D eigenvalue weighted by Gasteiger charge is -2.32. The molecule has 2 heterocycles. The van der Waals surface area contributed by atoms with Gasteiger partial charge in [-0.3, -0.25) is 9.48 Å². The van der Waals surface area contributed by atoms with Crippen molar-refractivity contribution in [1.29, 1.82) is 0 Å². The number of nitrogens with zero attached hydrogens (tertiary/aromatic N) is 3. The van der Waals surface area contributed by atoms with Gasteiger partial charge in [0.05, 0.1) is 12.3 Å². The van der Waals surface area contributed by atoms with Gasteiger partial charge in [0.15, 0.2) is 5.69 Å². The van der Waals surface area contributed by atoms with Crippen LogP contribution in [0.4, 0.5) is 4.39 Å². The van der Waals surface area contributed by atoms with Crippen LogP contribution in [0.1, 0.15) is 30.3 Å². The van der Waals surface area contributed by atoms with E-state index in [9.17, 15) is 9.18 Å². The largest absolute Gasteiger partial charge is 0.381 e. The molecule has 2 aromatic rings. The fraction of sp³-hybridized carbons (Fsp3) is 0.474. The van der Waals surface area contributed by atoms with Gasteiger partial charge in [-0.25, -0.2) is 4.39 Å². The maximum absolute atomic E-state index is 13.1. The van der Waals surface area contributed by atoms with Crippen LogP contribution in [-0.4, -0.2) is 46.9 Å². The summed E-state index contributed by atoms with van der Waals surface area (Å²) in [4.78, 5) is 14.7. The first-order valence-corrected chi connectivity index (χ1v) is 8.75. The van der Waals surface area contributed by atoms with E-state index < -0.39 is 0 Å². The van der Waals surface area contributed by atoms with Gasteiger partial charge < -0.3 is 9.64 Å². The molecule has 0 bridgehead atoms. The minimum atomic E-state index is -0.282. The summed E-state index contributed by atoms with van der Waals surface area (Å²) in [6, 6.07) is 7.99. The fourth-order valence-electron chi connectivity index (χ4n) is 3.29. The second-order valence-corrected chi connectivity index (χ2v) is 6.46. The highest BCUT2D eigenvalue weighted by Gasteiger charge is 2.26. The number of amides is 1. The zero-order valence-corrected chi connectivity index (χ0v) is 14.7. The van der Waals surface area contributed by atoms with Crippen molar-refractivity contribution in [3.05, 3.63) is 41.8 Å². The second kappa shape index (κ2) is 7.78. The summed E-state index contributed by atoms with van der Waals surface area (Å²) in [5.41, 5.74) is 2.06. The molecular formula is C19H24FN3O2. The molecule has 1 aliphatic heterocycles. The molecule has 1 aromatic heterocycles. The Kier molecular flexibility index (Phi) is 5.48. The smallest absolute Gasteiger partial charge is 0.274 e. The topological polar surface area (TPSA) is 47.4 Å². The summed E-state index contributed by atoms with van der Waals surface area (Å²) < 4.78 is 20.3. The van der Waals surface area contributed by atoms with Crippen molar-refractivity contribution in [2.24, 2.45) is 13.0 Å². The van der Waals surface area contributed by atoms with Gasteiger partial charge in [-0.2, -0.15) is 5.10 Å². The Morgan fingerprint density at radius 2 is 2.12 bits per heavy atom. The average molecular weight is 345 g/mol. The molecule has 0 aliphatic carbocycles. The lowest BCUT2D eigenvalue weighted by atomic mass is 9.98. The second-order valence-electron chi connectivity index (χ2n) is 6.46. The quantitative estimate of drug-likeness (QED) is 0.836. The van der Waals surface area contributed by atoms with Crippen LogP contribution in [0.5, 0.6) is 0 Å². The zero-order chi connectivity index (χ0) is 17.8. The number of carbonyl (C=O) groups is 1. The van der Waals surface area contributed by atoms with E-state index in [0.717, 1.165) is 30.6 Å². The summed E-state index contributed by atoms with van der Waals surface area (Å²) in [5.74, 6) is 0.0546. The zero-order valence-electron chi connectivity index (χ0n) is 14.7. The molecule has 0 saturated carbocycles. The lowest BCUT2D eigenvalue weighted by molar-refractivity contribution is 0.0496. The molecule has 1 amide bonds. The number of piperidine rings is 1. The van der Waals surface area contributed by atoms with Crippen molar-refractivity contribution in [2.45, 2.75) is 19.8 Å². The molecular weight excluding hydrogens is 321 g/mol. The van der Waals surface area contributed by atoms with E-state index in [1.807, 2.05) is 11.8 Å². The van der Waals surface area contributed by atoms with E-state index in [1.54, 1.807) is 29.9 Å². The van der Waals surface area contributed by atoms with Crippen LogP contribution in [-0.2, 0) is 11.8 Å². The van der Waals surface area contributed by atoms with Crippen molar-refractivity contribution in [3.8, 4) is 11.3 Å². The van der Waals surface area contributed by atoms with Crippen LogP contribution in [0.3, 0.4) is 0 Å². The van der Waals surface area contributed by atoms with Gasteiger partial charge in [-0.05, 0) is 61.6 Å². The molecule has 25 heavy (non-hydrogen) atoms. The molecule has 0 radical (unpaired) electrons. The average Bonchev–Trinajstić information content (AvgIpc) is 3.02. The van der Waals surface area contributed by atoms with Crippen molar-refractivity contribution in [3.63, 3.8) is 0 Å². The normalized spacial score (nSPS) is 17.7. The van der Waals surface area contributed by atoms with Gasteiger partial charge in [-0.15, -0.1) is 0 Å². The molecule has 1 aromatic carbocycles. The number of hydrogen-bond donors (Lipinski definition) is 0. The third-order valence-corrected chi connectivity index (χ3v) is 4.60. The van der Waals surface area contributed by atoms with E-state index >= 15 is 0 Å². The molecule has 3 rings (SSSR count). The Morgan fingerprint density at radius 3 is 2.84 bits per heavy atom. The molecule has 1 saturated heterocycles. The van der Waals surface area contributed by atoms with E-state index in [-0.39, 0.29) is 11.7 Å². The SMILES string of the molecule is CCOCC1CCCN(C(=O)c2cc(-c3ccc(F)cc3)n(C)n2)C1. The van der Waals surface area contributed by atoms with Crippen molar-refractivity contribution < 1.29 is 13.9 Å². The highest BCUT2D eigenvalue weighted by Crippen LogP contribution is 2.23. The molecule has 0 N–H and O–H groups in total. The van der Waals surface area contributed by atoms with Crippen molar-refractivity contribution in [2.75, 3.05) is 26.3 Å². The number of aryl methyl sites for hydroxylation is 1. The van der Waals surface area contributed by atoms with Gasteiger partial charge in [0, 0.05) is 26.7 Å². The van der Waals surface area contributed by atoms with Gasteiger partial charge in [-0.1, -0.05) is 0 Å². The number of carbonyl (C=O) groups excluding carboxylic acids is 1. The molecule has 134 valence electrons. The first-order valence-electron chi connectivity index (χ1n) is 8.75. The highest BCUT2D eigenvalue weighted by atomic mass is 19.1. The molecule has 1 unspecified atom stereocenters. The number of likely N-dealkylation sites (tertiary alicyclic amines) is 1. The number of hydrogen-bond acceptors (Lipinski definition) is 3. The third kappa shape index (κ3) is 4.07. The number of rotatable bonds is 5. The van der Waals surface area contributed by atoms with Crippen LogP contribution < -0.4 is 0 Å². The third-order valence-electron chi connectivity index (χ3n) is 4.60. The summed E-state index contributed by atoms with van der Waals surface area (Å²) in [7, 11) is 1.80. The van der Waals surface area contributed by atoms with E-state index in [1.165, 1.54) is 12.1 Å². The van der Waals surface area contributed by atoms with Gasteiger partial charge in [0.25, 0.3) is 5.91 Å². The van der Waals surface area contributed by atoms with Gasteiger partial charge in [0.1, 0.15) is 5.82 Å². The Balaban J connectivity index is 1.74. The Bertz CT molecular complexity index is 727. The molecule has 6 heteroatoms. The van der Waals surface area contributed by atoms with Crippen molar-refractivity contribution in [1.82, 2.24) is 14.7 Å². The summed E-state index contributed by atoms with van der Waals surface area (Å²) in [5, 5.41) is 4.37. The Morgan fingerprint density at radius 1 is 1.36 bits per heavy atom. The highest BCUT2D eigenvalue weighted by molar-refractivity contribution is 5.93. The summed E-state index contributed by atoms with van der Waals surface area (Å²) >= 11 is 0. The molecule has 1 aliphatic rings. The van der Waals surface area contributed by atoms with Crippen LogP contribution in [0.2, 0.25) is 0 Å². The predicted molar refractivity (Wildman–Crippen MR) is 93.7 cm³/mol. The number of ether oxygens (including phenoxy) is 1. The molecule has 1 atom stereocenters. The van der Waals surface area contributed by atoms with Gasteiger partial charge >= 0.3 is 0 Å². The maximum Gasteiger partial charge on any atom is 0.274 e. The van der Waals surface area contributed by atoms with E-state index in [4.69, 9.17) is 4.74 Å². The summed E-state index contributed by atoms with van der Waals surface area (Å²) in [6.07, 6.45) is 2.08. The number of halogens is 1. The number of benzene rings is 1. The first-order chi connectivity index (χ1) is 12.1. The Hall–Kier alpha value is -2.21. The minimum Gasteiger partial charge on any atom is -0.381 e. The van der Waals surface area contributed by atoms with Gasteiger partial charge in [0.2, 0.25) is 0 Å². The minimum absolute atomic E-state index is 0.0508. The standard InChI is InChI=1S/C19H24FN3O2/c1-3-25-13-14-5-4-10-23(12-14)19(24)17-11-18(22(2)21-17)15-6-8-16(20)9-7-15/h6-9,11,14H,3-5,10,12-13H2,1-2H3. The first kappa shape index (κ1) is 17.6. The maximum atomic E-state index is 13.1. The molecule has 5 nitrogen and oxygen atoms in total. The van der Waals surface area contributed by atoms with E-state index in [2.05, 4.69) is 5.10 Å². The predicted octanol–water partition coefficient (Wildman–Crippen LogP) is 3.11. The van der Waals surface area contributed by atoms with Crippen LogP contribution >= 0.6 is 0 Å². The van der Waals surface area contributed by atoms with Crippen molar-refractivity contribution >= 4 is 5.91 Å². The lowest BCUT2D eigenvalue weighted by Crippen LogP contribution is -2.41. The fourth-order valence-corrected chi connectivity index (χ4v) is 3.29. The summed E-state index contributed by atoms with van der Waals surface area (Å²) in [6.45, 7) is 4.84. The van der Waals surface area contributed by atoms with E-state index in [0.29, 0.717) is 31.4 Å².